The molecule has 2 N–H and O–H groups in total. The summed E-state index contributed by atoms with van der Waals surface area (Å²) in [7, 11) is 6.08. The number of anilines is 3. The van der Waals surface area contributed by atoms with Crippen LogP contribution in [0.15, 0.2) is 61.3 Å². The normalized spacial score (nSPS) is 11.7. The van der Waals surface area contributed by atoms with Crippen molar-refractivity contribution >= 4 is 39.7 Å². The Labute approximate surface area is 217 Å². The summed E-state index contributed by atoms with van der Waals surface area (Å²) in [5.41, 5.74) is 4.56. The molecule has 3 aromatic rings. The maximum Gasteiger partial charge on any atom is 0.247 e. The van der Waals surface area contributed by atoms with Crippen LogP contribution in [0.25, 0.3) is 11.1 Å². The molecule has 0 saturated carbocycles. The van der Waals surface area contributed by atoms with Crippen molar-refractivity contribution in [1.82, 2.24) is 9.88 Å². The average molecular weight is 506 g/mol. The first-order chi connectivity index (χ1) is 17.2. The molecule has 2 amide bonds. The van der Waals surface area contributed by atoms with Crippen molar-refractivity contribution < 1.29 is 9.59 Å². The third-order valence-corrected chi connectivity index (χ3v) is 7.04. The summed E-state index contributed by atoms with van der Waals surface area (Å²) in [6.07, 6.45) is 3.97. The Kier molecular flexibility index (Phi) is 9.38. The molecular formula is C28H35N5O2S. The Hall–Kier alpha value is -3.49. The van der Waals surface area contributed by atoms with Gasteiger partial charge in [0.2, 0.25) is 11.8 Å². The van der Waals surface area contributed by atoms with Gasteiger partial charge in [0.25, 0.3) is 0 Å². The molecule has 0 aliphatic carbocycles. The second-order valence-electron chi connectivity index (χ2n) is 8.97. The maximum absolute atomic E-state index is 12.9. The number of rotatable bonds is 11. The molecule has 0 aliphatic rings. The van der Waals surface area contributed by atoms with Crippen LogP contribution in [0.1, 0.15) is 30.2 Å². The predicted octanol–water partition coefficient (Wildman–Crippen LogP) is 5.24. The van der Waals surface area contributed by atoms with Crippen LogP contribution in [0, 0.1) is 0 Å². The number of thiazole rings is 1. The fourth-order valence-corrected chi connectivity index (χ4v) is 4.42. The van der Waals surface area contributed by atoms with Gasteiger partial charge in [0, 0.05) is 31.2 Å². The lowest BCUT2D eigenvalue weighted by atomic mass is 9.95. The third-order valence-electron chi connectivity index (χ3n) is 5.98. The van der Waals surface area contributed by atoms with Gasteiger partial charge in [-0.1, -0.05) is 43.8 Å². The van der Waals surface area contributed by atoms with E-state index in [2.05, 4.69) is 45.0 Å². The summed E-state index contributed by atoms with van der Waals surface area (Å²) in [6.45, 7) is 9.19. The molecule has 0 bridgehead atoms. The summed E-state index contributed by atoms with van der Waals surface area (Å²) in [6, 6.07) is 14.0. The molecule has 7 nitrogen and oxygen atoms in total. The van der Waals surface area contributed by atoms with E-state index in [0.29, 0.717) is 5.13 Å². The molecule has 0 spiro atoms. The Bertz CT molecular complexity index is 1220. The number of benzene rings is 2. The van der Waals surface area contributed by atoms with Crippen molar-refractivity contribution in [1.29, 1.82) is 0 Å². The highest BCUT2D eigenvalue weighted by Gasteiger charge is 2.18. The van der Waals surface area contributed by atoms with Crippen LogP contribution in [-0.2, 0) is 16.0 Å². The van der Waals surface area contributed by atoms with Crippen molar-refractivity contribution in [3.8, 4) is 11.1 Å². The molecule has 1 unspecified atom stereocenters. The largest absolute Gasteiger partial charge is 0.372 e. The Balaban J connectivity index is 1.87. The standard InChI is InChI=1S/C28H35N5O2S/c1-7-23-18-29-28(36-23)31-27(35)19(3)20-10-9-11-21(16-20)22-12-13-24(30-26(34)8-2)25(17-22)33(6)15-14-32(4)5/h8-13,16-19H,2,7,14-15H2,1,3-6H3,(H,30,34)(H,29,31,35). The Morgan fingerprint density at radius 1 is 1.08 bits per heavy atom. The van der Waals surface area contributed by atoms with Crippen LogP contribution in [0.2, 0.25) is 0 Å². The molecule has 1 heterocycles. The molecule has 8 heteroatoms. The quantitative estimate of drug-likeness (QED) is 0.349. The summed E-state index contributed by atoms with van der Waals surface area (Å²) >= 11 is 1.50. The number of hydrogen-bond acceptors (Lipinski definition) is 6. The van der Waals surface area contributed by atoms with E-state index >= 15 is 0 Å². The van der Waals surface area contributed by atoms with E-state index in [1.165, 1.54) is 17.4 Å². The lowest BCUT2D eigenvalue weighted by Crippen LogP contribution is -2.29. The fraction of sp³-hybridized carbons (Fsp3) is 0.321. The van der Waals surface area contributed by atoms with E-state index in [1.54, 1.807) is 6.20 Å². The molecule has 2 aromatic carbocycles. The number of carbonyl (C=O) groups excluding carboxylic acids is 2. The minimum absolute atomic E-state index is 0.0873. The zero-order valence-electron chi connectivity index (χ0n) is 21.7. The molecule has 0 saturated heterocycles. The summed E-state index contributed by atoms with van der Waals surface area (Å²) < 4.78 is 0. The lowest BCUT2D eigenvalue weighted by Gasteiger charge is -2.25. The molecule has 190 valence electrons. The molecule has 1 aromatic heterocycles. The highest BCUT2D eigenvalue weighted by atomic mass is 32.1. The average Bonchev–Trinajstić information content (AvgIpc) is 3.34. The number of amides is 2. The first kappa shape index (κ1) is 27.1. The highest BCUT2D eigenvalue weighted by molar-refractivity contribution is 7.15. The topological polar surface area (TPSA) is 77.6 Å². The number of nitrogens with zero attached hydrogens (tertiary/aromatic N) is 3. The fourth-order valence-electron chi connectivity index (χ4n) is 3.67. The van der Waals surface area contributed by atoms with E-state index in [0.717, 1.165) is 52.5 Å². The van der Waals surface area contributed by atoms with Crippen molar-refractivity contribution in [2.24, 2.45) is 0 Å². The predicted molar refractivity (Wildman–Crippen MR) is 151 cm³/mol. The summed E-state index contributed by atoms with van der Waals surface area (Å²) in [5, 5.41) is 6.48. The molecule has 0 radical (unpaired) electrons. The van der Waals surface area contributed by atoms with Crippen LogP contribution in [0.4, 0.5) is 16.5 Å². The number of hydrogen-bond donors (Lipinski definition) is 2. The molecule has 0 fully saturated rings. The van der Waals surface area contributed by atoms with E-state index in [4.69, 9.17) is 0 Å². The first-order valence-electron chi connectivity index (χ1n) is 12.0. The number of nitrogens with one attached hydrogen (secondary N) is 2. The second kappa shape index (κ2) is 12.5. The maximum atomic E-state index is 12.9. The third kappa shape index (κ3) is 7.02. The SMILES string of the molecule is C=CC(=O)Nc1ccc(-c2cccc(C(C)C(=O)Nc3ncc(CC)s3)c2)cc1N(C)CCN(C)C. The van der Waals surface area contributed by atoms with Crippen molar-refractivity contribution in [3.63, 3.8) is 0 Å². The van der Waals surface area contributed by atoms with E-state index in [9.17, 15) is 9.59 Å². The summed E-state index contributed by atoms with van der Waals surface area (Å²) in [4.78, 5) is 34.6. The van der Waals surface area contributed by atoms with E-state index < -0.39 is 0 Å². The molecule has 0 aliphatic heterocycles. The van der Waals surface area contributed by atoms with E-state index in [1.807, 2.05) is 64.5 Å². The van der Waals surface area contributed by atoms with Crippen molar-refractivity contribution in [3.05, 3.63) is 71.8 Å². The van der Waals surface area contributed by atoms with Crippen molar-refractivity contribution in [2.45, 2.75) is 26.2 Å². The smallest absolute Gasteiger partial charge is 0.247 e. The zero-order valence-corrected chi connectivity index (χ0v) is 22.5. The molecule has 1 atom stereocenters. The number of carbonyl (C=O) groups is 2. The van der Waals surface area contributed by atoms with E-state index in [-0.39, 0.29) is 17.7 Å². The van der Waals surface area contributed by atoms with Gasteiger partial charge >= 0.3 is 0 Å². The van der Waals surface area contributed by atoms with Crippen LogP contribution in [-0.4, -0.2) is 55.9 Å². The van der Waals surface area contributed by atoms with Crippen molar-refractivity contribution in [2.75, 3.05) is 49.8 Å². The van der Waals surface area contributed by atoms with Gasteiger partial charge in [-0.3, -0.25) is 9.59 Å². The minimum atomic E-state index is -0.340. The van der Waals surface area contributed by atoms with Gasteiger partial charge in [-0.15, -0.1) is 11.3 Å². The van der Waals surface area contributed by atoms with Gasteiger partial charge < -0.3 is 20.4 Å². The van der Waals surface area contributed by atoms with Crippen LogP contribution in [0.5, 0.6) is 0 Å². The van der Waals surface area contributed by atoms with Gasteiger partial charge in [0.15, 0.2) is 5.13 Å². The Morgan fingerprint density at radius 2 is 1.83 bits per heavy atom. The van der Waals surface area contributed by atoms with Gasteiger partial charge in [-0.2, -0.15) is 0 Å². The van der Waals surface area contributed by atoms with Crippen LogP contribution >= 0.6 is 11.3 Å². The Morgan fingerprint density at radius 3 is 2.50 bits per heavy atom. The number of aryl methyl sites for hydroxylation is 1. The summed E-state index contributed by atoms with van der Waals surface area (Å²) in [5.74, 6) is -0.679. The zero-order chi connectivity index (χ0) is 26.2. The second-order valence-corrected chi connectivity index (χ2v) is 10.1. The molecule has 3 rings (SSSR count). The molecular weight excluding hydrogens is 470 g/mol. The molecule has 36 heavy (non-hydrogen) atoms. The van der Waals surface area contributed by atoms with Crippen LogP contribution < -0.4 is 15.5 Å². The lowest BCUT2D eigenvalue weighted by molar-refractivity contribution is -0.117. The monoisotopic (exact) mass is 505 g/mol. The van der Waals surface area contributed by atoms with Crippen LogP contribution in [0.3, 0.4) is 0 Å². The first-order valence-corrected chi connectivity index (χ1v) is 12.8. The van der Waals surface area contributed by atoms with Gasteiger partial charge in [-0.25, -0.2) is 4.98 Å². The minimum Gasteiger partial charge on any atom is -0.372 e. The highest BCUT2D eigenvalue weighted by Crippen LogP contribution is 2.33. The number of aromatic nitrogens is 1. The number of likely N-dealkylation sites (N-methyl/N-ethyl adjacent to an activating group) is 2. The van der Waals surface area contributed by atoms with Gasteiger partial charge in [0.05, 0.1) is 17.3 Å². The van der Waals surface area contributed by atoms with Gasteiger partial charge in [0.1, 0.15) is 0 Å². The van der Waals surface area contributed by atoms with Gasteiger partial charge in [-0.05, 0) is 62.3 Å².